The lowest BCUT2D eigenvalue weighted by Gasteiger charge is -2.07. The van der Waals surface area contributed by atoms with Crippen molar-refractivity contribution in [3.05, 3.63) is 60.0 Å². The molecule has 3 heterocycles. The maximum Gasteiger partial charge on any atom is 0.261 e. The molecular weight excluding hydrogens is 378 g/mol. The first kappa shape index (κ1) is 18.4. The van der Waals surface area contributed by atoms with Gasteiger partial charge in [-0.3, -0.25) is 9.48 Å². The Morgan fingerprint density at radius 1 is 1.27 bits per heavy atom. The van der Waals surface area contributed by atoms with E-state index in [2.05, 4.69) is 25.8 Å². The standard InChI is InChI=1S/C22H23N7O/c1-14-4-3-5-16(10-14)20-18(13-28(2)27-20)25-22(30)17-12-24-29-9-8-19(26-21(17)29)23-11-15-6-7-15/h3-5,8-10,12-13,15H,6-7,11H2,1-2H3,(H,23,26)(H,25,30). The molecule has 1 amide bonds. The van der Waals surface area contributed by atoms with E-state index in [1.165, 1.54) is 12.8 Å². The predicted octanol–water partition coefficient (Wildman–Crippen LogP) is 3.51. The summed E-state index contributed by atoms with van der Waals surface area (Å²) in [7, 11) is 1.84. The Hall–Kier alpha value is -3.68. The third-order valence-electron chi connectivity index (χ3n) is 5.25. The average Bonchev–Trinajstić information content (AvgIpc) is 3.35. The number of carbonyl (C=O) groups is 1. The number of aryl methyl sites for hydroxylation is 2. The fourth-order valence-corrected chi connectivity index (χ4v) is 3.47. The topological polar surface area (TPSA) is 89.1 Å². The zero-order valence-electron chi connectivity index (χ0n) is 17.0. The van der Waals surface area contributed by atoms with E-state index in [-0.39, 0.29) is 5.91 Å². The number of fused-ring (bicyclic) bond motifs is 1. The number of anilines is 2. The summed E-state index contributed by atoms with van der Waals surface area (Å²) in [4.78, 5) is 17.7. The number of nitrogens with one attached hydrogen (secondary N) is 2. The van der Waals surface area contributed by atoms with Crippen molar-refractivity contribution in [2.24, 2.45) is 13.0 Å². The minimum Gasteiger partial charge on any atom is -0.370 e. The number of carbonyl (C=O) groups excluding carboxylic acids is 1. The number of amides is 1. The lowest BCUT2D eigenvalue weighted by Crippen LogP contribution is -2.13. The molecule has 1 fully saturated rings. The van der Waals surface area contributed by atoms with Gasteiger partial charge in [-0.25, -0.2) is 9.50 Å². The van der Waals surface area contributed by atoms with Crippen molar-refractivity contribution in [2.45, 2.75) is 19.8 Å². The van der Waals surface area contributed by atoms with Crippen LogP contribution in [0.2, 0.25) is 0 Å². The Bertz CT molecular complexity index is 1240. The average molecular weight is 401 g/mol. The highest BCUT2D eigenvalue weighted by molar-refractivity contribution is 6.09. The molecule has 0 aliphatic heterocycles. The van der Waals surface area contributed by atoms with E-state index in [0.29, 0.717) is 16.9 Å². The van der Waals surface area contributed by atoms with E-state index in [1.54, 1.807) is 21.6 Å². The molecule has 0 saturated heterocycles. The third kappa shape index (κ3) is 3.63. The molecule has 0 unspecified atom stereocenters. The Morgan fingerprint density at radius 2 is 2.13 bits per heavy atom. The highest BCUT2D eigenvalue weighted by Crippen LogP contribution is 2.29. The van der Waals surface area contributed by atoms with Crippen molar-refractivity contribution < 1.29 is 4.79 Å². The SMILES string of the molecule is Cc1cccc(-c2nn(C)cc2NC(=O)c2cnn3ccc(NCC4CC4)nc23)c1. The van der Waals surface area contributed by atoms with Gasteiger partial charge in [-0.1, -0.05) is 23.8 Å². The first-order valence-corrected chi connectivity index (χ1v) is 10.1. The number of hydrogen-bond acceptors (Lipinski definition) is 5. The van der Waals surface area contributed by atoms with Crippen LogP contribution in [0.5, 0.6) is 0 Å². The monoisotopic (exact) mass is 401 g/mol. The molecule has 30 heavy (non-hydrogen) atoms. The minimum absolute atomic E-state index is 0.265. The van der Waals surface area contributed by atoms with Crippen molar-refractivity contribution >= 4 is 23.1 Å². The van der Waals surface area contributed by atoms with E-state index < -0.39 is 0 Å². The molecule has 152 valence electrons. The molecule has 1 aromatic carbocycles. The summed E-state index contributed by atoms with van der Waals surface area (Å²) in [6.07, 6.45) is 7.70. The van der Waals surface area contributed by atoms with Crippen LogP contribution in [-0.2, 0) is 7.05 Å². The van der Waals surface area contributed by atoms with Crippen LogP contribution >= 0.6 is 0 Å². The molecule has 1 aliphatic carbocycles. The van der Waals surface area contributed by atoms with Gasteiger partial charge in [0.05, 0.1) is 11.9 Å². The molecule has 3 aromatic heterocycles. The number of nitrogens with zero attached hydrogens (tertiary/aromatic N) is 5. The second kappa shape index (κ2) is 7.29. The molecule has 1 saturated carbocycles. The van der Waals surface area contributed by atoms with Gasteiger partial charge in [-0.15, -0.1) is 0 Å². The Labute approximate surface area is 173 Å². The molecule has 5 rings (SSSR count). The van der Waals surface area contributed by atoms with Crippen molar-refractivity contribution in [3.8, 4) is 11.3 Å². The van der Waals surface area contributed by atoms with Crippen LogP contribution in [-0.4, -0.2) is 36.8 Å². The first-order chi connectivity index (χ1) is 14.6. The summed E-state index contributed by atoms with van der Waals surface area (Å²) in [6.45, 7) is 2.94. The Morgan fingerprint density at radius 3 is 2.93 bits per heavy atom. The van der Waals surface area contributed by atoms with Gasteiger partial charge in [-0.05, 0) is 37.8 Å². The summed E-state index contributed by atoms with van der Waals surface area (Å²) in [5.41, 5.74) is 4.41. The van der Waals surface area contributed by atoms with E-state index in [9.17, 15) is 4.79 Å². The number of rotatable bonds is 6. The fraction of sp³-hybridized carbons (Fsp3) is 0.273. The second-order valence-electron chi connectivity index (χ2n) is 7.85. The number of aromatic nitrogens is 5. The normalized spacial score (nSPS) is 13.5. The lowest BCUT2D eigenvalue weighted by atomic mass is 10.1. The first-order valence-electron chi connectivity index (χ1n) is 10.1. The van der Waals surface area contributed by atoms with E-state index in [1.807, 2.05) is 50.5 Å². The van der Waals surface area contributed by atoms with Crippen LogP contribution in [0, 0.1) is 12.8 Å². The maximum absolute atomic E-state index is 13.1. The van der Waals surface area contributed by atoms with Crippen LogP contribution in [0.4, 0.5) is 11.5 Å². The van der Waals surface area contributed by atoms with Crippen molar-refractivity contribution in [1.29, 1.82) is 0 Å². The highest BCUT2D eigenvalue weighted by Gasteiger charge is 2.21. The predicted molar refractivity (Wildman–Crippen MR) is 116 cm³/mol. The Kier molecular flexibility index (Phi) is 4.46. The molecular formula is C22H23N7O. The summed E-state index contributed by atoms with van der Waals surface area (Å²) >= 11 is 0. The zero-order valence-corrected chi connectivity index (χ0v) is 17.0. The van der Waals surface area contributed by atoms with Crippen molar-refractivity contribution in [1.82, 2.24) is 24.4 Å². The quantitative estimate of drug-likeness (QED) is 0.516. The fourth-order valence-electron chi connectivity index (χ4n) is 3.47. The van der Waals surface area contributed by atoms with Crippen LogP contribution in [0.25, 0.3) is 16.9 Å². The zero-order chi connectivity index (χ0) is 20.7. The van der Waals surface area contributed by atoms with Gasteiger partial charge in [0.2, 0.25) is 0 Å². The van der Waals surface area contributed by atoms with Crippen LogP contribution < -0.4 is 10.6 Å². The van der Waals surface area contributed by atoms with Crippen molar-refractivity contribution in [2.75, 3.05) is 17.2 Å². The molecule has 1 aliphatic rings. The van der Waals surface area contributed by atoms with Crippen LogP contribution in [0.3, 0.4) is 0 Å². The van der Waals surface area contributed by atoms with E-state index >= 15 is 0 Å². The summed E-state index contributed by atoms with van der Waals surface area (Å²) in [5, 5.41) is 15.1. The van der Waals surface area contributed by atoms with Gasteiger partial charge >= 0.3 is 0 Å². The van der Waals surface area contributed by atoms with Crippen LogP contribution in [0.1, 0.15) is 28.8 Å². The highest BCUT2D eigenvalue weighted by atomic mass is 16.1. The molecule has 0 radical (unpaired) electrons. The maximum atomic E-state index is 13.1. The van der Waals surface area contributed by atoms with Gasteiger partial charge in [-0.2, -0.15) is 10.2 Å². The van der Waals surface area contributed by atoms with Gasteiger partial charge in [0.15, 0.2) is 5.65 Å². The molecule has 0 atom stereocenters. The molecule has 2 N–H and O–H groups in total. The molecule has 0 bridgehead atoms. The van der Waals surface area contributed by atoms with Gasteiger partial charge in [0.25, 0.3) is 5.91 Å². The summed E-state index contributed by atoms with van der Waals surface area (Å²) < 4.78 is 3.31. The lowest BCUT2D eigenvalue weighted by molar-refractivity contribution is 0.102. The largest absolute Gasteiger partial charge is 0.370 e. The summed E-state index contributed by atoms with van der Waals surface area (Å²) in [5.74, 6) is 1.23. The van der Waals surface area contributed by atoms with E-state index in [4.69, 9.17) is 0 Å². The summed E-state index contributed by atoms with van der Waals surface area (Å²) in [6, 6.07) is 9.92. The van der Waals surface area contributed by atoms with Gasteiger partial charge < -0.3 is 10.6 Å². The second-order valence-corrected chi connectivity index (χ2v) is 7.85. The minimum atomic E-state index is -0.265. The Balaban J connectivity index is 1.43. The van der Waals surface area contributed by atoms with E-state index in [0.717, 1.165) is 35.1 Å². The molecule has 8 nitrogen and oxygen atoms in total. The number of hydrogen-bond donors (Lipinski definition) is 2. The third-order valence-corrected chi connectivity index (χ3v) is 5.25. The number of benzene rings is 1. The molecule has 4 aromatic rings. The van der Waals surface area contributed by atoms with Gasteiger partial charge in [0.1, 0.15) is 17.1 Å². The van der Waals surface area contributed by atoms with Gasteiger partial charge in [0, 0.05) is 31.5 Å². The smallest absolute Gasteiger partial charge is 0.261 e. The van der Waals surface area contributed by atoms with Crippen molar-refractivity contribution in [3.63, 3.8) is 0 Å². The molecule has 8 heteroatoms. The molecule has 0 spiro atoms. The van der Waals surface area contributed by atoms with Crippen LogP contribution in [0.15, 0.2) is 48.9 Å².